The number of ether oxygens (including phenoxy) is 1. The molecule has 0 aliphatic carbocycles. The van der Waals surface area contributed by atoms with Crippen LogP contribution in [0.1, 0.15) is 16.3 Å². The van der Waals surface area contributed by atoms with Crippen LogP contribution < -0.4 is 0 Å². The van der Waals surface area contributed by atoms with E-state index < -0.39 is 5.97 Å². The lowest BCUT2D eigenvalue weighted by Crippen LogP contribution is -1.98. The van der Waals surface area contributed by atoms with Gasteiger partial charge >= 0.3 is 5.97 Å². The van der Waals surface area contributed by atoms with Gasteiger partial charge < -0.3 is 14.1 Å². The molecule has 0 atom stereocenters. The molecule has 2 aromatic carbocycles. The Labute approximate surface area is 155 Å². The van der Waals surface area contributed by atoms with Crippen molar-refractivity contribution in [2.24, 2.45) is 0 Å². The first-order valence-electron chi connectivity index (χ1n) is 8.22. The summed E-state index contributed by atoms with van der Waals surface area (Å²) >= 11 is 1.69. The van der Waals surface area contributed by atoms with Crippen LogP contribution in [0.2, 0.25) is 0 Å². The molecule has 4 aromatic rings. The number of para-hydroxylation sites is 1. The summed E-state index contributed by atoms with van der Waals surface area (Å²) < 4.78 is 10.3. The van der Waals surface area contributed by atoms with Crippen LogP contribution in [-0.2, 0) is 10.5 Å². The monoisotopic (exact) mass is 363 g/mol. The lowest BCUT2D eigenvalue weighted by atomic mass is 10.1. The molecule has 0 amide bonds. The van der Waals surface area contributed by atoms with E-state index in [-0.39, 0.29) is 5.76 Å². The minimum atomic E-state index is -0.460. The van der Waals surface area contributed by atoms with E-state index in [1.807, 2.05) is 36.4 Å². The van der Waals surface area contributed by atoms with Crippen molar-refractivity contribution in [3.8, 4) is 11.3 Å². The van der Waals surface area contributed by atoms with Crippen molar-refractivity contribution in [1.82, 2.24) is 4.98 Å². The molecule has 26 heavy (non-hydrogen) atoms. The average molecular weight is 363 g/mol. The summed E-state index contributed by atoms with van der Waals surface area (Å²) in [6, 6.07) is 22.0. The molecule has 1 N–H and O–H groups in total. The zero-order valence-corrected chi connectivity index (χ0v) is 15.0. The Morgan fingerprint density at radius 1 is 1.04 bits per heavy atom. The number of carbonyl (C=O) groups is 1. The zero-order valence-electron chi connectivity index (χ0n) is 14.2. The van der Waals surface area contributed by atoms with Gasteiger partial charge in [0, 0.05) is 15.8 Å². The van der Waals surface area contributed by atoms with Gasteiger partial charge in [-0.25, -0.2) is 4.79 Å². The molecule has 130 valence electrons. The van der Waals surface area contributed by atoms with Crippen LogP contribution in [0.5, 0.6) is 0 Å². The summed E-state index contributed by atoms with van der Waals surface area (Å²) in [5, 5.41) is 1.18. The van der Waals surface area contributed by atoms with Gasteiger partial charge in [0.15, 0.2) is 0 Å². The standard InChI is InChI=1S/C21H17NO3S/c1-24-21(23)18-12-11-15(25-18)13-26-20-16-9-5-6-10-17(16)22-19(20)14-7-3-2-4-8-14/h2-12,22H,13H2,1H3. The second-order valence-corrected chi connectivity index (χ2v) is 6.77. The Kier molecular flexibility index (Phi) is 4.54. The van der Waals surface area contributed by atoms with Gasteiger partial charge in [-0.1, -0.05) is 48.5 Å². The van der Waals surface area contributed by atoms with Crippen LogP contribution in [-0.4, -0.2) is 18.1 Å². The third-order valence-electron chi connectivity index (χ3n) is 4.13. The van der Waals surface area contributed by atoms with E-state index in [0.29, 0.717) is 5.75 Å². The maximum Gasteiger partial charge on any atom is 0.373 e. The predicted molar refractivity (Wildman–Crippen MR) is 103 cm³/mol. The number of methoxy groups -OCH3 is 1. The predicted octanol–water partition coefficient (Wildman–Crippen LogP) is 5.51. The Bertz CT molecular complexity index is 1050. The van der Waals surface area contributed by atoms with Crippen molar-refractivity contribution in [2.75, 3.05) is 7.11 Å². The molecule has 0 aliphatic heterocycles. The second kappa shape index (κ2) is 7.14. The molecule has 0 spiro atoms. The van der Waals surface area contributed by atoms with Crippen LogP contribution >= 0.6 is 11.8 Å². The van der Waals surface area contributed by atoms with Crippen LogP contribution in [0.25, 0.3) is 22.2 Å². The SMILES string of the molecule is COC(=O)c1ccc(CSc2c(-c3ccccc3)[nH]c3ccccc23)o1. The quantitative estimate of drug-likeness (QED) is 0.375. The number of fused-ring (bicyclic) bond motifs is 1. The van der Waals surface area contributed by atoms with Crippen molar-refractivity contribution < 1.29 is 13.9 Å². The topological polar surface area (TPSA) is 55.2 Å². The molecule has 0 fully saturated rings. The van der Waals surface area contributed by atoms with Gasteiger partial charge in [0.25, 0.3) is 0 Å². The number of furan rings is 1. The molecule has 0 aliphatic rings. The summed E-state index contributed by atoms with van der Waals surface area (Å²) in [7, 11) is 1.34. The number of benzene rings is 2. The maximum atomic E-state index is 11.5. The molecule has 0 bridgehead atoms. The Hall–Kier alpha value is -2.92. The average Bonchev–Trinajstić information content (AvgIpc) is 3.31. The van der Waals surface area contributed by atoms with Gasteiger partial charge in [0.05, 0.1) is 18.6 Å². The van der Waals surface area contributed by atoms with E-state index in [4.69, 9.17) is 9.15 Å². The zero-order chi connectivity index (χ0) is 17.9. The summed E-state index contributed by atoms with van der Waals surface area (Å²) in [6.45, 7) is 0. The molecule has 4 rings (SSSR count). The van der Waals surface area contributed by atoms with Crippen molar-refractivity contribution in [1.29, 1.82) is 0 Å². The maximum absolute atomic E-state index is 11.5. The molecule has 0 saturated heterocycles. The summed E-state index contributed by atoms with van der Waals surface area (Å²) in [5.41, 5.74) is 3.33. The highest BCUT2D eigenvalue weighted by molar-refractivity contribution is 7.98. The summed E-state index contributed by atoms with van der Waals surface area (Å²) in [5.74, 6) is 1.13. The first kappa shape index (κ1) is 16.5. The van der Waals surface area contributed by atoms with Crippen molar-refractivity contribution in [2.45, 2.75) is 10.6 Å². The van der Waals surface area contributed by atoms with Gasteiger partial charge in [-0.2, -0.15) is 0 Å². The largest absolute Gasteiger partial charge is 0.463 e. The number of H-pyrrole nitrogens is 1. The number of carbonyl (C=O) groups excluding carboxylic acids is 1. The number of aromatic nitrogens is 1. The van der Waals surface area contributed by atoms with Gasteiger partial charge in [-0.3, -0.25) is 0 Å². The number of rotatable bonds is 5. The molecule has 0 saturated carbocycles. The molecule has 0 unspecified atom stereocenters. The summed E-state index contributed by atoms with van der Waals surface area (Å²) in [6.07, 6.45) is 0. The molecule has 5 heteroatoms. The highest BCUT2D eigenvalue weighted by Gasteiger charge is 2.16. The number of hydrogen-bond acceptors (Lipinski definition) is 4. The molecular formula is C21H17NO3S. The normalized spacial score (nSPS) is 11.0. The fraction of sp³-hybridized carbons (Fsp3) is 0.0952. The number of aromatic amines is 1. The van der Waals surface area contributed by atoms with E-state index >= 15 is 0 Å². The Morgan fingerprint density at radius 3 is 2.62 bits per heavy atom. The van der Waals surface area contributed by atoms with E-state index in [9.17, 15) is 4.79 Å². The highest BCUT2D eigenvalue weighted by atomic mass is 32.2. The summed E-state index contributed by atoms with van der Waals surface area (Å²) in [4.78, 5) is 16.2. The van der Waals surface area contributed by atoms with Crippen LogP contribution in [0.4, 0.5) is 0 Å². The van der Waals surface area contributed by atoms with E-state index in [0.717, 1.165) is 22.5 Å². The first-order chi connectivity index (χ1) is 12.8. The third-order valence-corrected chi connectivity index (χ3v) is 5.27. The molecule has 2 heterocycles. The lowest BCUT2D eigenvalue weighted by molar-refractivity contribution is 0.0563. The van der Waals surface area contributed by atoms with Crippen molar-refractivity contribution in [3.63, 3.8) is 0 Å². The fourth-order valence-corrected chi connectivity index (χ4v) is 3.97. The van der Waals surface area contributed by atoms with Crippen LogP contribution in [0.15, 0.2) is 76.0 Å². The number of hydrogen-bond donors (Lipinski definition) is 1. The first-order valence-corrected chi connectivity index (χ1v) is 9.21. The van der Waals surface area contributed by atoms with E-state index in [1.54, 1.807) is 17.8 Å². The highest BCUT2D eigenvalue weighted by Crippen LogP contribution is 2.39. The smallest absolute Gasteiger partial charge is 0.373 e. The Morgan fingerprint density at radius 2 is 1.81 bits per heavy atom. The molecule has 4 nitrogen and oxygen atoms in total. The molecule has 2 aromatic heterocycles. The van der Waals surface area contributed by atoms with Gasteiger partial charge in [-0.15, -0.1) is 11.8 Å². The Balaban J connectivity index is 1.67. The lowest BCUT2D eigenvalue weighted by Gasteiger charge is -2.04. The van der Waals surface area contributed by atoms with Gasteiger partial charge in [-0.05, 0) is 23.8 Å². The van der Waals surface area contributed by atoms with Gasteiger partial charge in [0.1, 0.15) is 5.76 Å². The van der Waals surface area contributed by atoms with Gasteiger partial charge in [0.2, 0.25) is 5.76 Å². The number of esters is 1. The van der Waals surface area contributed by atoms with Crippen LogP contribution in [0, 0.1) is 0 Å². The number of nitrogens with one attached hydrogen (secondary N) is 1. The minimum absolute atomic E-state index is 0.227. The minimum Gasteiger partial charge on any atom is -0.463 e. The number of thioether (sulfide) groups is 1. The van der Waals surface area contributed by atoms with E-state index in [1.165, 1.54) is 17.4 Å². The van der Waals surface area contributed by atoms with E-state index in [2.05, 4.69) is 29.2 Å². The third kappa shape index (κ3) is 3.13. The second-order valence-electron chi connectivity index (χ2n) is 5.79. The van der Waals surface area contributed by atoms with Crippen molar-refractivity contribution in [3.05, 3.63) is 78.3 Å². The fourth-order valence-electron chi connectivity index (χ4n) is 2.88. The molecule has 0 radical (unpaired) electrons. The molecular weight excluding hydrogens is 346 g/mol. The van der Waals surface area contributed by atoms with Crippen molar-refractivity contribution >= 4 is 28.6 Å². The van der Waals surface area contributed by atoms with Crippen LogP contribution in [0.3, 0.4) is 0 Å².